The number of alkyl halides is 3. The van der Waals surface area contributed by atoms with E-state index in [-0.39, 0.29) is 28.9 Å². The van der Waals surface area contributed by atoms with Crippen molar-refractivity contribution in [3.8, 4) is 0 Å². The van der Waals surface area contributed by atoms with Crippen LogP contribution in [-0.4, -0.2) is 44.2 Å². The number of carbonyl (C=O) groups excluding carboxylic acids is 3. The Labute approximate surface area is 181 Å². The summed E-state index contributed by atoms with van der Waals surface area (Å²) < 4.78 is 55.7. The van der Waals surface area contributed by atoms with Gasteiger partial charge in [-0.25, -0.2) is 9.18 Å². The van der Waals surface area contributed by atoms with E-state index in [0.29, 0.717) is 11.3 Å². The van der Waals surface area contributed by atoms with Crippen molar-refractivity contribution < 1.29 is 36.7 Å². The number of benzene rings is 2. The number of hydrogen-bond donors (Lipinski definition) is 3. The number of esters is 1. The van der Waals surface area contributed by atoms with Crippen molar-refractivity contribution in [2.24, 2.45) is 0 Å². The quantitative estimate of drug-likeness (QED) is 0.438. The van der Waals surface area contributed by atoms with Gasteiger partial charge in [0.15, 0.2) is 0 Å². The molecule has 0 aliphatic carbocycles. The van der Waals surface area contributed by atoms with Crippen molar-refractivity contribution in [3.63, 3.8) is 0 Å². The zero-order valence-electron chi connectivity index (χ0n) is 17.4. The molecule has 0 bridgehead atoms. The molecule has 0 aromatic heterocycles. The van der Waals surface area contributed by atoms with Crippen LogP contribution in [0.2, 0.25) is 0 Å². The van der Waals surface area contributed by atoms with Crippen LogP contribution in [-0.2, 0) is 9.53 Å². The number of methoxy groups -OCH3 is 1. The molecule has 3 N–H and O–H groups in total. The van der Waals surface area contributed by atoms with Crippen molar-refractivity contribution in [3.05, 3.63) is 58.4 Å². The molecule has 0 saturated carbocycles. The highest BCUT2D eigenvalue weighted by Gasteiger charge is 2.28. The first-order valence-corrected chi connectivity index (χ1v) is 9.29. The summed E-state index contributed by atoms with van der Waals surface area (Å²) >= 11 is 0. The monoisotopic (exact) mass is 455 g/mol. The number of aryl methyl sites for hydroxylation is 1. The predicted octanol–water partition coefficient (Wildman–Crippen LogP) is 3.57. The smallest absolute Gasteiger partial charge is 0.405 e. The zero-order valence-corrected chi connectivity index (χ0v) is 17.4. The molecule has 0 radical (unpaired) electrons. The molecule has 7 nitrogen and oxygen atoms in total. The first-order valence-electron chi connectivity index (χ1n) is 9.29. The van der Waals surface area contributed by atoms with Crippen LogP contribution in [0.1, 0.15) is 31.8 Å². The summed E-state index contributed by atoms with van der Waals surface area (Å²) in [6.45, 7) is 1.20. The summed E-state index contributed by atoms with van der Waals surface area (Å²) in [7, 11) is 1.23. The minimum absolute atomic E-state index is 0.0670. The highest BCUT2D eigenvalue weighted by Crippen LogP contribution is 2.22. The van der Waals surface area contributed by atoms with Crippen molar-refractivity contribution in [2.75, 3.05) is 30.8 Å². The van der Waals surface area contributed by atoms with E-state index in [1.54, 1.807) is 18.3 Å². The van der Waals surface area contributed by atoms with Gasteiger partial charge in [0.05, 0.1) is 19.2 Å². The molecule has 2 rings (SSSR count). The molecule has 0 saturated heterocycles. The van der Waals surface area contributed by atoms with Crippen LogP contribution >= 0.6 is 0 Å². The Morgan fingerprint density at radius 3 is 2.28 bits per heavy atom. The largest absolute Gasteiger partial charge is 0.465 e. The average Bonchev–Trinajstić information content (AvgIpc) is 2.73. The van der Waals surface area contributed by atoms with Crippen molar-refractivity contribution in [1.82, 2.24) is 5.32 Å². The van der Waals surface area contributed by atoms with Crippen LogP contribution < -0.4 is 16.0 Å². The lowest BCUT2D eigenvalue weighted by Gasteiger charge is -2.14. The fraction of sp³-hybridized carbons (Fsp3) is 0.286. The summed E-state index contributed by atoms with van der Waals surface area (Å²) in [5.41, 5.74) is 1.09. The topological polar surface area (TPSA) is 96.5 Å². The van der Waals surface area contributed by atoms with Gasteiger partial charge in [0.1, 0.15) is 12.4 Å². The fourth-order valence-corrected chi connectivity index (χ4v) is 2.65. The van der Waals surface area contributed by atoms with Gasteiger partial charge in [-0.1, -0.05) is 6.07 Å². The molecule has 11 heteroatoms. The summed E-state index contributed by atoms with van der Waals surface area (Å²) in [4.78, 5) is 35.9. The van der Waals surface area contributed by atoms with Crippen LogP contribution in [0.4, 0.5) is 28.9 Å². The summed E-state index contributed by atoms with van der Waals surface area (Å²) in [6, 6.07) is 6.57. The van der Waals surface area contributed by atoms with Gasteiger partial charge in [0, 0.05) is 22.5 Å². The van der Waals surface area contributed by atoms with Gasteiger partial charge in [0.2, 0.25) is 5.91 Å². The molecule has 172 valence electrons. The maximum Gasteiger partial charge on any atom is 0.405 e. The Hall–Kier alpha value is -3.63. The Morgan fingerprint density at radius 1 is 1.00 bits per heavy atom. The highest BCUT2D eigenvalue weighted by molar-refractivity contribution is 5.98. The molecule has 32 heavy (non-hydrogen) atoms. The van der Waals surface area contributed by atoms with Gasteiger partial charge in [-0.2, -0.15) is 13.2 Å². The summed E-state index contributed by atoms with van der Waals surface area (Å²) in [5.74, 6) is -3.05. The van der Waals surface area contributed by atoms with E-state index < -0.39 is 36.3 Å². The number of halogens is 4. The lowest BCUT2D eigenvalue weighted by Crippen LogP contribution is -2.33. The van der Waals surface area contributed by atoms with Crippen LogP contribution in [0.25, 0.3) is 0 Å². The SMILES string of the molecule is COC(=O)c1ccc(C)c(NC(=O)CNc2cc(C(=O)NCC(F)(F)F)cc(F)c2C)c1. The molecule has 2 amide bonds. The summed E-state index contributed by atoms with van der Waals surface area (Å²) in [5, 5.41) is 6.92. The second-order valence-corrected chi connectivity index (χ2v) is 6.85. The van der Waals surface area contributed by atoms with Crippen LogP contribution in [0, 0.1) is 19.7 Å². The fourth-order valence-electron chi connectivity index (χ4n) is 2.65. The number of ether oxygens (including phenoxy) is 1. The Bertz CT molecular complexity index is 1040. The molecule has 0 fully saturated rings. The van der Waals surface area contributed by atoms with E-state index >= 15 is 0 Å². The molecule has 0 heterocycles. The van der Waals surface area contributed by atoms with Crippen LogP contribution in [0.3, 0.4) is 0 Å². The third-order valence-corrected chi connectivity index (χ3v) is 4.43. The van der Waals surface area contributed by atoms with Crippen LogP contribution in [0.5, 0.6) is 0 Å². The minimum Gasteiger partial charge on any atom is -0.465 e. The lowest BCUT2D eigenvalue weighted by molar-refractivity contribution is -0.123. The number of rotatable bonds is 7. The molecule has 0 aliphatic rings. The molecule has 0 atom stereocenters. The number of anilines is 2. The van der Waals surface area contributed by atoms with Gasteiger partial charge in [0.25, 0.3) is 5.91 Å². The predicted molar refractivity (Wildman–Crippen MR) is 109 cm³/mol. The van der Waals surface area contributed by atoms with Gasteiger partial charge in [-0.05, 0) is 43.7 Å². The number of carbonyl (C=O) groups is 3. The van der Waals surface area contributed by atoms with Gasteiger partial charge in [-0.3, -0.25) is 9.59 Å². The average molecular weight is 455 g/mol. The molecule has 2 aromatic rings. The van der Waals surface area contributed by atoms with Gasteiger partial charge < -0.3 is 20.7 Å². The molecule has 0 unspecified atom stereocenters. The van der Waals surface area contributed by atoms with Gasteiger partial charge >= 0.3 is 12.1 Å². The highest BCUT2D eigenvalue weighted by atomic mass is 19.4. The van der Waals surface area contributed by atoms with E-state index in [1.165, 1.54) is 26.2 Å². The maximum absolute atomic E-state index is 14.2. The molecular formula is C21H21F4N3O4. The molecular weight excluding hydrogens is 434 g/mol. The maximum atomic E-state index is 14.2. The molecule has 2 aromatic carbocycles. The second-order valence-electron chi connectivity index (χ2n) is 6.85. The first kappa shape index (κ1) is 24.6. The molecule has 0 aliphatic heterocycles. The zero-order chi connectivity index (χ0) is 24.1. The molecule has 0 spiro atoms. The Balaban J connectivity index is 2.10. The lowest BCUT2D eigenvalue weighted by atomic mass is 10.1. The van der Waals surface area contributed by atoms with E-state index in [4.69, 9.17) is 0 Å². The Kier molecular flexibility index (Phi) is 7.79. The van der Waals surface area contributed by atoms with E-state index in [1.807, 2.05) is 0 Å². The van der Waals surface area contributed by atoms with Gasteiger partial charge in [-0.15, -0.1) is 0 Å². The number of hydrogen-bond acceptors (Lipinski definition) is 5. The third-order valence-electron chi connectivity index (χ3n) is 4.43. The third kappa shape index (κ3) is 6.69. The second kappa shape index (κ2) is 10.1. The number of amides is 2. The van der Waals surface area contributed by atoms with Crippen molar-refractivity contribution in [1.29, 1.82) is 0 Å². The Morgan fingerprint density at radius 2 is 1.66 bits per heavy atom. The first-order chi connectivity index (χ1) is 14.9. The van der Waals surface area contributed by atoms with E-state index in [2.05, 4.69) is 15.4 Å². The summed E-state index contributed by atoms with van der Waals surface area (Å²) in [6.07, 6.45) is -4.61. The normalized spacial score (nSPS) is 11.0. The standard InChI is InChI=1S/C21H21F4N3O4/c1-11-4-5-13(20(31)32-3)7-16(11)28-18(29)9-26-17-8-14(6-15(22)12(17)2)19(30)27-10-21(23,24)25/h4-8,26H,9-10H2,1-3H3,(H,27,30)(H,28,29). The van der Waals surface area contributed by atoms with E-state index in [0.717, 1.165) is 12.1 Å². The van der Waals surface area contributed by atoms with Crippen LogP contribution in [0.15, 0.2) is 30.3 Å². The number of nitrogens with one attached hydrogen (secondary N) is 3. The van der Waals surface area contributed by atoms with Crippen molar-refractivity contribution in [2.45, 2.75) is 20.0 Å². The van der Waals surface area contributed by atoms with Crippen molar-refractivity contribution >= 4 is 29.2 Å². The minimum atomic E-state index is -4.61. The van der Waals surface area contributed by atoms with E-state index in [9.17, 15) is 31.9 Å².